The van der Waals surface area contributed by atoms with Gasteiger partial charge in [-0.2, -0.15) is 4.31 Å². The van der Waals surface area contributed by atoms with E-state index in [2.05, 4.69) is 5.32 Å². The molecule has 162 valence electrons. The third-order valence-corrected chi connectivity index (χ3v) is 6.94. The van der Waals surface area contributed by atoms with Gasteiger partial charge in [0.1, 0.15) is 6.67 Å². The first-order valence-electron chi connectivity index (χ1n) is 9.36. The maximum absolute atomic E-state index is 13.6. The number of aliphatic hydroxyl groups excluding tert-OH is 1. The molecule has 0 spiro atoms. The first kappa shape index (κ1) is 22.3. The molecule has 1 fully saturated rings. The minimum atomic E-state index is -3.94. The summed E-state index contributed by atoms with van der Waals surface area (Å²) in [6, 6.07) is 6.42. The van der Waals surface area contributed by atoms with Crippen LogP contribution in [0.5, 0.6) is 0 Å². The van der Waals surface area contributed by atoms with Crippen LogP contribution in [0.2, 0.25) is 0 Å². The van der Waals surface area contributed by atoms with Gasteiger partial charge in [0.2, 0.25) is 10.0 Å². The van der Waals surface area contributed by atoms with Gasteiger partial charge in [-0.1, -0.05) is 12.5 Å². The van der Waals surface area contributed by atoms with Crippen LogP contribution in [0.4, 0.5) is 18.9 Å². The van der Waals surface area contributed by atoms with Crippen LogP contribution in [-0.4, -0.2) is 42.9 Å². The van der Waals surface area contributed by atoms with Gasteiger partial charge in [0, 0.05) is 35.5 Å². The molecule has 30 heavy (non-hydrogen) atoms. The summed E-state index contributed by atoms with van der Waals surface area (Å²) >= 11 is 0. The van der Waals surface area contributed by atoms with Crippen LogP contribution in [0.15, 0.2) is 41.3 Å². The van der Waals surface area contributed by atoms with Gasteiger partial charge in [-0.3, -0.25) is 4.79 Å². The minimum Gasteiger partial charge on any atom is -0.395 e. The van der Waals surface area contributed by atoms with Crippen molar-refractivity contribution in [3.05, 3.63) is 59.2 Å². The molecule has 0 radical (unpaired) electrons. The zero-order chi connectivity index (χ0) is 21.9. The van der Waals surface area contributed by atoms with E-state index in [-0.39, 0.29) is 29.3 Å². The zero-order valence-electron chi connectivity index (χ0n) is 15.9. The van der Waals surface area contributed by atoms with Crippen LogP contribution in [0, 0.1) is 11.6 Å². The average Bonchev–Trinajstić information content (AvgIpc) is 2.76. The Labute approximate surface area is 172 Å². The fourth-order valence-corrected chi connectivity index (χ4v) is 5.16. The Morgan fingerprint density at radius 2 is 1.97 bits per heavy atom. The molecule has 1 heterocycles. The summed E-state index contributed by atoms with van der Waals surface area (Å²) in [6.07, 6.45) is 2.03. The van der Waals surface area contributed by atoms with Crippen LogP contribution in [0.1, 0.15) is 35.2 Å². The molecule has 0 aliphatic carbocycles. The van der Waals surface area contributed by atoms with E-state index in [9.17, 15) is 31.5 Å². The number of carbonyl (C=O) groups excluding carboxylic acids is 1. The number of piperidine rings is 1. The monoisotopic (exact) mass is 442 g/mol. The van der Waals surface area contributed by atoms with Crippen molar-refractivity contribution in [2.75, 3.05) is 18.5 Å². The fraction of sp³-hybridized carbons (Fsp3) is 0.350. The molecule has 1 amide bonds. The van der Waals surface area contributed by atoms with Gasteiger partial charge in [-0.25, -0.2) is 21.6 Å². The molecule has 0 aromatic heterocycles. The van der Waals surface area contributed by atoms with Crippen molar-refractivity contribution in [1.82, 2.24) is 4.31 Å². The topological polar surface area (TPSA) is 86.7 Å². The van der Waals surface area contributed by atoms with Crippen LogP contribution in [0.25, 0.3) is 0 Å². The van der Waals surface area contributed by atoms with Gasteiger partial charge in [-0.15, -0.1) is 0 Å². The second-order valence-electron chi connectivity index (χ2n) is 6.99. The van der Waals surface area contributed by atoms with Gasteiger partial charge in [0.15, 0.2) is 11.6 Å². The highest BCUT2D eigenvalue weighted by molar-refractivity contribution is 7.89. The predicted octanol–water partition coefficient (Wildman–Crippen LogP) is 3.22. The Bertz CT molecular complexity index is 1050. The van der Waals surface area contributed by atoms with Crippen molar-refractivity contribution < 1.29 is 31.5 Å². The number of anilines is 1. The van der Waals surface area contributed by atoms with Crippen LogP contribution < -0.4 is 5.32 Å². The van der Waals surface area contributed by atoms with Crippen molar-refractivity contribution in [2.24, 2.45) is 0 Å². The molecule has 2 N–H and O–H groups in total. The number of nitrogens with one attached hydrogen (secondary N) is 1. The number of hydrogen-bond acceptors (Lipinski definition) is 4. The quantitative estimate of drug-likeness (QED) is 0.719. The Morgan fingerprint density at radius 3 is 2.67 bits per heavy atom. The molecule has 1 aliphatic rings. The van der Waals surface area contributed by atoms with Crippen molar-refractivity contribution in [1.29, 1.82) is 0 Å². The maximum Gasteiger partial charge on any atom is 0.255 e. The van der Waals surface area contributed by atoms with Crippen molar-refractivity contribution in [2.45, 2.75) is 36.9 Å². The lowest BCUT2D eigenvalue weighted by atomic mass is 10.1. The Hall–Kier alpha value is -2.43. The number of rotatable bonds is 6. The highest BCUT2D eigenvalue weighted by Crippen LogP contribution is 2.26. The van der Waals surface area contributed by atoms with Gasteiger partial charge >= 0.3 is 0 Å². The predicted molar refractivity (Wildman–Crippen MR) is 104 cm³/mol. The van der Waals surface area contributed by atoms with Gasteiger partial charge in [-0.05, 0) is 37.1 Å². The number of amides is 1. The zero-order valence-corrected chi connectivity index (χ0v) is 16.8. The summed E-state index contributed by atoms with van der Waals surface area (Å²) in [5.41, 5.74) is -0.724. The summed E-state index contributed by atoms with van der Waals surface area (Å²) < 4.78 is 67.1. The first-order valence-corrected chi connectivity index (χ1v) is 10.8. The SMILES string of the molecule is O=C(Nc1cc(F)c(F)c(CF)c1)c1cccc(S(=O)(=O)N2CCCCC2CO)c1. The van der Waals surface area contributed by atoms with E-state index in [1.165, 1.54) is 28.6 Å². The molecule has 1 unspecified atom stereocenters. The Morgan fingerprint density at radius 1 is 1.20 bits per heavy atom. The van der Waals surface area contributed by atoms with E-state index in [0.717, 1.165) is 12.5 Å². The molecular weight excluding hydrogens is 421 g/mol. The van der Waals surface area contributed by atoms with Crippen molar-refractivity contribution >= 4 is 21.6 Å². The Kier molecular flexibility index (Phi) is 6.79. The second kappa shape index (κ2) is 9.15. The minimum absolute atomic E-state index is 0.0276. The molecule has 2 aromatic carbocycles. The van der Waals surface area contributed by atoms with E-state index in [4.69, 9.17) is 0 Å². The highest BCUT2D eigenvalue weighted by atomic mass is 32.2. The van der Waals surface area contributed by atoms with Gasteiger partial charge in [0.05, 0.1) is 11.5 Å². The van der Waals surface area contributed by atoms with Crippen molar-refractivity contribution in [3.8, 4) is 0 Å². The third kappa shape index (κ3) is 4.50. The summed E-state index contributed by atoms with van der Waals surface area (Å²) in [4.78, 5) is 12.4. The van der Waals surface area contributed by atoms with Gasteiger partial charge in [0.25, 0.3) is 5.91 Å². The van der Waals surface area contributed by atoms with Crippen LogP contribution >= 0.6 is 0 Å². The molecular formula is C20H21F3N2O4S. The highest BCUT2D eigenvalue weighted by Gasteiger charge is 2.33. The molecule has 10 heteroatoms. The molecule has 0 saturated carbocycles. The first-order chi connectivity index (χ1) is 14.3. The summed E-state index contributed by atoms with van der Waals surface area (Å²) in [7, 11) is -3.94. The normalized spacial score (nSPS) is 17.7. The average molecular weight is 442 g/mol. The van der Waals surface area contributed by atoms with Crippen molar-refractivity contribution in [3.63, 3.8) is 0 Å². The van der Waals surface area contributed by atoms with E-state index >= 15 is 0 Å². The molecule has 2 aromatic rings. The number of nitrogens with zero attached hydrogens (tertiary/aromatic N) is 1. The summed E-state index contributed by atoms with van der Waals surface area (Å²) in [5.74, 6) is -3.40. The van der Waals surface area contributed by atoms with Gasteiger partial charge < -0.3 is 10.4 Å². The largest absolute Gasteiger partial charge is 0.395 e. The maximum atomic E-state index is 13.6. The number of hydrogen-bond donors (Lipinski definition) is 2. The van der Waals surface area contributed by atoms with Crippen LogP contribution in [-0.2, 0) is 16.7 Å². The number of benzene rings is 2. The second-order valence-corrected chi connectivity index (χ2v) is 8.89. The van der Waals surface area contributed by atoms with E-state index < -0.39 is 45.8 Å². The third-order valence-electron chi connectivity index (χ3n) is 4.99. The number of halogens is 3. The molecule has 6 nitrogen and oxygen atoms in total. The summed E-state index contributed by atoms with van der Waals surface area (Å²) in [6.45, 7) is -1.28. The van der Waals surface area contributed by atoms with E-state index in [0.29, 0.717) is 18.9 Å². The number of alkyl halides is 1. The molecule has 1 aliphatic heterocycles. The number of carbonyl (C=O) groups is 1. The standard InChI is InChI=1S/C20H21F3N2O4S/c21-11-14-8-15(10-18(22)19(14)23)24-20(27)13-4-3-6-17(9-13)30(28,29)25-7-2-1-5-16(25)12-26/h3-4,6,8-10,16,26H,1-2,5,7,11-12H2,(H,24,27). The molecule has 1 atom stereocenters. The van der Waals surface area contributed by atoms with E-state index in [1.807, 2.05) is 0 Å². The Balaban J connectivity index is 1.86. The molecule has 3 rings (SSSR count). The smallest absolute Gasteiger partial charge is 0.255 e. The number of aliphatic hydroxyl groups is 1. The van der Waals surface area contributed by atoms with Crippen LogP contribution in [0.3, 0.4) is 0 Å². The number of sulfonamides is 1. The van der Waals surface area contributed by atoms with E-state index in [1.54, 1.807) is 0 Å². The lowest BCUT2D eigenvalue weighted by molar-refractivity contribution is 0.102. The lowest BCUT2D eigenvalue weighted by Gasteiger charge is -2.33. The molecule has 1 saturated heterocycles. The fourth-order valence-electron chi connectivity index (χ4n) is 3.42. The molecule has 0 bridgehead atoms. The lowest BCUT2D eigenvalue weighted by Crippen LogP contribution is -2.45. The summed E-state index contributed by atoms with van der Waals surface area (Å²) in [5, 5.41) is 11.8.